The van der Waals surface area contributed by atoms with Gasteiger partial charge in [-0.25, -0.2) is 23.1 Å². The molecule has 0 bridgehead atoms. The Morgan fingerprint density at radius 1 is 1.25 bits per heavy atom. The number of halogens is 2. The van der Waals surface area contributed by atoms with Gasteiger partial charge in [0, 0.05) is 0 Å². The summed E-state index contributed by atoms with van der Waals surface area (Å²) in [5.74, 6) is -2.64. The number of hydrogen-bond donors (Lipinski definition) is 1. The summed E-state index contributed by atoms with van der Waals surface area (Å²) in [6.45, 7) is 0. The topological polar surface area (TPSA) is 67.5 Å². The van der Waals surface area contributed by atoms with E-state index in [1.165, 1.54) is 22.8 Å². The first-order valence-electron chi connectivity index (χ1n) is 5.59. The van der Waals surface area contributed by atoms with E-state index in [0.717, 1.165) is 18.3 Å². The lowest BCUT2D eigenvalue weighted by atomic mass is 10.1. The SMILES string of the molecule is O=C(O)c1cnn2cc(-c3c(F)cccc3F)nc2c1. The second-order valence-electron chi connectivity index (χ2n) is 4.07. The van der Waals surface area contributed by atoms with Crippen LogP contribution in [-0.2, 0) is 0 Å². The number of nitrogens with zero attached hydrogens (tertiary/aromatic N) is 3. The molecule has 1 N–H and O–H groups in total. The number of fused-ring (bicyclic) bond motifs is 1. The highest BCUT2D eigenvalue weighted by Crippen LogP contribution is 2.25. The molecule has 7 heteroatoms. The number of aromatic nitrogens is 3. The number of carboxylic acids is 1. The maximum atomic E-state index is 13.7. The second-order valence-corrected chi connectivity index (χ2v) is 4.07. The van der Waals surface area contributed by atoms with Crippen molar-refractivity contribution in [2.75, 3.05) is 0 Å². The Balaban J connectivity index is 2.21. The number of imidazole rings is 1. The summed E-state index contributed by atoms with van der Waals surface area (Å²) in [5, 5.41) is 12.7. The van der Waals surface area contributed by atoms with Crippen LogP contribution in [0.4, 0.5) is 8.78 Å². The summed E-state index contributed by atoms with van der Waals surface area (Å²) in [7, 11) is 0. The van der Waals surface area contributed by atoms with Gasteiger partial charge in [0.25, 0.3) is 0 Å². The molecule has 0 fully saturated rings. The van der Waals surface area contributed by atoms with Crippen molar-refractivity contribution in [2.45, 2.75) is 0 Å². The Bertz CT molecular complexity index is 809. The lowest BCUT2D eigenvalue weighted by molar-refractivity contribution is 0.0696. The highest BCUT2D eigenvalue weighted by atomic mass is 19.1. The molecule has 0 radical (unpaired) electrons. The van der Waals surface area contributed by atoms with Crippen LogP contribution in [0.2, 0.25) is 0 Å². The molecule has 20 heavy (non-hydrogen) atoms. The molecule has 5 nitrogen and oxygen atoms in total. The van der Waals surface area contributed by atoms with Gasteiger partial charge in [0.15, 0.2) is 5.65 Å². The zero-order valence-electron chi connectivity index (χ0n) is 9.92. The Morgan fingerprint density at radius 2 is 1.95 bits per heavy atom. The number of hydrogen-bond acceptors (Lipinski definition) is 3. The predicted molar refractivity (Wildman–Crippen MR) is 65.3 cm³/mol. The van der Waals surface area contributed by atoms with Gasteiger partial charge in [0.05, 0.1) is 29.2 Å². The fraction of sp³-hybridized carbons (Fsp3) is 0. The predicted octanol–water partition coefficient (Wildman–Crippen LogP) is 2.37. The van der Waals surface area contributed by atoms with Crippen LogP contribution in [0.3, 0.4) is 0 Å². The van der Waals surface area contributed by atoms with Crippen LogP contribution in [0.1, 0.15) is 10.4 Å². The minimum atomic E-state index is -1.15. The lowest BCUT2D eigenvalue weighted by Gasteiger charge is -1.99. The van der Waals surface area contributed by atoms with E-state index in [-0.39, 0.29) is 22.5 Å². The first-order valence-corrected chi connectivity index (χ1v) is 5.59. The molecular formula is C13H7F2N3O2. The fourth-order valence-corrected chi connectivity index (χ4v) is 1.86. The van der Waals surface area contributed by atoms with Crippen molar-refractivity contribution in [3.05, 3.63) is 53.9 Å². The van der Waals surface area contributed by atoms with E-state index >= 15 is 0 Å². The molecule has 2 aromatic heterocycles. The molecule has 3 aromatic rings. The third-order valence-electron chi connectivity index (χ3n) is 2.79. The molecule has 0 spiro atoms. The summed E-state index contributed by atoms with van der Waals surface area (Å²) in [5.41, 5.74) is -0.0725. The average Bonchev–Trinajstić information content (AvgIpc) is 2.80. The van der Waals surface area contributed by atoms with Crippen LogP contribution in [-0.4, -0.2) is 25.7 Å². The van der Waals surface area contributed by atoms with E-state index in [1.807, 2.05) is 0 Å². The van der Waals surface area contributed by atoms with Gasteiger partial charge in [-0.3, -0.25) is 0 Å². The van der Waals surface area contributed by atoms with Crippen molar-refractivity contribution >= 4 is 11.6 Å². The largest absolute Gasteiger partial charge is 0.478 e. The summed E-state index contributed by atoms with van der Waals surface area (Å²) >= 11 is 0. The molecule has 0 aliphatic heterocycles. The average molecular weight is 275 g/mol. The molecule has 0 saturated heterocycles. The summed E-state index contributed by atoms with van der Waals surface area (Å²) in [6.07, 6.45) is 2.47. The standard InChI is InChI=1S/C13H7F2N3O2/c14-8-2-1-3-9(15)12(8)10-6-18-11(17-10)4-7(5-16-18)13(19)20/h1-6H,(H,19,20). The van der Waals surface area contributed by atoms with Crippen LogP contribution in [0, 0.1) is 11.6 Å². The van der Waals surface area contributed by atoms with Gasteiger partial charge in [0.1, 0.15) is 11.6 Å². The summed E-state index contributed by atoms with van der Waals surface area (Å²) in [4.78, 5) is 14.8. The van der Waals surface area contributed by atoms with Gasteiger partial charge in [-0.05, 0) is 18.2 Å². The van der Waals surface area contributed by atoms with E-state index in [4.69, 9.17) is 5.11 Å². The maximum Gasteiger partial charge on any atom is 0.337 e. The Kier molecular flexibility index (Phi) is 2.67. The molecule has 0 unspecified atom stereocenters. The van der Waals surface area contributed by atoms with Gasteiger partial charge in [0.2, 0.25) is 0 Å². The van der Waals surface area contributed by atoms with Crippen LogP contribution in [0.5, 0.6) is 0 Å². The number of benzene rings is 1. The molecular weight excluding hydrogens is 268 g/mol. The van der Waals surface area contributed by atoms with Crippen LogP contribution in [0.25, 0.3) is 16.9 Å². The zero-order chi connectivity index (χ0) is 14.3. The number of carbonyl (C=O) groups is 1. The molecule has 0 aliphatic rings. The van der Waals surface area contributed by atoms with Crippen LogP contribution in [0.15, 0.2) is 36.7 Å². The minimum absolute atomic E-state index is 0.0515. The molecule has 0 aliphatic carbocycles. The lowest BCUT2D eigenvalue weighted by Crippen LogP contribution is -1.99. The molecule has 3 rings (SSSR count). The van der Waals surface area contributed by atoms with Crippen LogP contribution >= 0.6 is 0 Å². The number of aromatic carboxylic acids is 1. The zero-order valence-corrected chi connectivity index (χ0v) is 9.92. The van der Waals surface area contributed by atoms with Gasteiger partial charge in [-0.1, -0.05) is 6.07 Å². The number of carboxylic acid groups (broad SMARTS) is 1. The summed E-state index contributed by atoms with van der Waals surface area (Å²) in [6, 6.07) is 4.78. The molecule has 0 amide bonds. The normalized spacial score (nSPS) is 10.9. The first-order chi connectivity index (χ1) is 9.56. The Labute approximate surface area is 111 Å². The monoisotopic (exact) mass is 275 g/mol. The van der Waals surface area contributed by atoms with E-state index in [9.17, 15) is 13.6 Å². The third-order valence-corrected chi connectivity index (χ3v) is 2.79. The van der Waals surface area contributed by atoms with Gasteiger partial charge in [-0.2, -0.15) is 5.10 Å². The van der Waals surface area contributed by atoms with Crippen molar-refractivity contribution < 1.29 is 18.7 Å². The molecule has 0 saturated carbocycles. The van der Waals surface area contributed by atoms with Gasteiger partial charge in [-0.15, -0.1) is 0 Å². The molecule has 100 valence electrons. The van der Waals surface area contributed by atoms with E-state index in [0.29, 0.717) is 0 Å². The molecule has 1 aromatic carbocycles. The van der Waals surface area contributed by atoms with Crippen molar-refractivity contribution in [1.29, 1.82) is 0 Å². The van der Waals surface area contributed by atoms with Crippen molar-refractivity contribution in [2.24, 2.45) is 0 Å². The Morgan fingerprint density at radius 3 is 2.60 bits per heavy atom. The smallest absolute Gasteiger partial charge is 0.337 e. The van der Waals surface area contributed by atoms with E-state index in [2.05, 4.69) is 10.1 Å². The third kappa shape index (κ3) is 1.89. The van der Waals surface area contributed by atoms with E-state index < -0.39 is 17.6 Å². The van der Waals surface area contributed by atoms with E-state index in [1.54, 1.807) is 0 Å². The maximum absolute atomic E-state index is 13.7. The molecule has 2 heterocycles. The highest BCUT2D eigenvalue weighted by molar-refractivity contribution is 5.88. The fourth-order valence-electron chi connectivity index (χ4n) is 1.86. The van der Waals surface area contributed by atoms with Gasteiger partial charge >= 0.3 is 5.97 Å². The summed E-state index contributed by atoms with van der Waals surface area (Å²) < 4.78 is 28.6. The Hall–Kier alpha value is -2.83. The van der Waals surface area contributed by atoms with Crippen molar-refractivity contribution in [3.8, 4) is 11.3 Å². The highest BCUT2D eigenvalue weighted by Gasteiger charge is 2.15. The van der Waals surface area contributed by atoms with Crippen LogP contribution < -0.4 is 0 Å². The quantitative estimate of drug-likeness (QED) is 0.779. The first kappa shape index (κ1) is 12.2. The van der Waals surface area contributed by atoms with Crippen molar-refractivity contribution in [3.63, 3.8) is 0 Å². The number of rotatable bonds is 2. The minimum Gasteiger partial charge on any atom is -0.478 e. The van der Waals surface area contributed by atoms with Gasteiger partial charge < -0.3 is 5.11 Å². The molecule has 0 atom stereocenters. The second kappa shape index (κ2) is 4.37. The van der Waals surface area contributed by atoms with Crippen molar-refractivity contribution in [1.82, 2.24) is 14.6 Å².